The van der Waals surface area contributed by atoms with Crippen LogP contribution >= 0.6 is 11.3 Å². The fourth-order valence-electron chi connectivity index (χ4n) is 3.03. The van der Waals surface area contributed by atoms with Crippen LogP contribution in [0.2, 0.25) is 0 Å². The summed E-state index contributed by atoms with van der Waals surface area (Å²) in [6, 6.07) is 13.1. The SMILES string of the molecule is CCOc1ccc(NC(=O)C(=O)NCCc2csc3nc(-c4ccccc4F)nn23)cc1. The first kappa shape index (κ1) is 21.4. The summed E-state index contributed by atoms with van der Waals surface area (Å²) in [5.41, 5.74) is 1.62. The van der Waals surface area contributed by atoms with Gasteiger partial charge in [-0.05, 0) is 43.3 Å². The molecule has 164 valence electrons. The van der Waals surface area contributed by atoms with Crippen LogP contribution in [0.1, 0.15) is 12.6 Å². The van der Waals surface area contributed by atoms with Crippen molar-refractivity contribution in [2.24, 2.45) is 0 Å². The summed E-state index contributed by atoms with van der Waals surface area (Å²) in [6.45, 7) is 2.66. The van der Waals surface area contributed by atoms with E-state index in [1.54, 1.807) is 47.0 Å². The largest absolute Gasteiger partial charge is 0.494 e. The number of ether oxygens (including phenoxy) is 1. The number of rotatable bonds is 7. The summed E-state index contributed by atoms with van der Waals surface area (Å²) >= 11 is 1.37. The number of amides is 2. The molecule has 8 nitrogen and oxygen atoms in total. The number of carbonyl (C=O) groups is 2. The second-order valence-electron chi connectivity index (χ2n) is 6.75. The lowest BCUT2D eigenvalue weighted by atomic mass is 10.2. The molecule has 0 saturated heterocycles. The molecule has 2 N–H and O–H groups in total. The third kappa shape index (κ3) is 4.75. The number of benzene rings is 2. The molecule has 0 spiro atoms. The zero-order chi connectivity index (χ0) is 22.5. The number of carbonyl (C=O) groups excluding carboxylic acids is 2. The zero-order valence-corrected chi connectivity index (χ0v) is 18.0. The van der Waals surface area contributed by atoms with Crippen LogP contribution in [0.3, 0.4) is 0 Å². The van der Waals surface area contributed by atoms with Crippen LogP contribution in [0, 0.1) is 5.82 Å². The lowest BCUT2D eigenvalue weighted by Crippen LogP contribution is -2.36. The second-order valence-corrected chi connectivity index (χ2v) is 7.59. The molecule has 2 aromatic carbocycles. The molecule has 0 atom stereocenters. The number of nitrogens with one attached hydrogen (secondary N) is 2. The van der Waals surface area contributed by atoms with Gasteiger partial charge < -0.3 is 15.4 Å². The Labute approximate surface area is 187 Å². The molecule has 0 radical (unpaired) electrons. The lowest BCUT2D eigenvalue weighted by Gasteiger charge is -2.07. The molecule has 0 aliphatic rings. The van der Waals surface area contributed by atoms with Crippen LogP contribution in [-0.4, -0.2) is 39.6 Å². The highest BCUT2D eigenvalue weighted by atomic mass is 32.1. The third-order valence-corrected chi connectivity index (χ3v) is 5.43. The minimum atomic E-state index is -0.757. The predicted octanol–water partition coefficient (Wildman–Crippen LogP) is 3.29. The Morgan fingerprint density at radius 3 is 2.66 bits per heavy atom. The van der Waals surface area contributed by atoms with E-state index in [0.29, 0.717) is 40.8 Å². The second kappa shape index (κ2) is 9.56. The highest BCUT2D eigenvalue weighted by Crippen LogP contribution is 2.23. The quantitative estimate of drug-likeness (QED) is 0.419. The molecule has 4 rings (SSSR count). The molecule has 0 fully saturated rings. The van der Waals surface area contributed by atoms with E-state index in [-0.39, 0.29) is 6.54 Å². The molecule has 2 amide bonds. The number of thiazole rings is 1. The van der Waals surface area contributed by atoms with Gasteiger partial charge in [0.25, 0.3) is 0 Å². The zero-order valence-electron chi connectivity index (χ0n) is 17.2. The Morgan fingerprint density at radius 1 is 1.12 bits per heavy atom. The highest BCUT2D eigenvalue weighted by Gasteiger charge is 2.16. The van der Waals surface area contributed by atoms with E-state index in [1.807, 2.05) is 12.3 Å². The maximum atomic E-state index is 14.0. The average Bonchev–Trinajstić information content (AvgIpc) is 3.37. The predicted molar refractivity (Wildman–Crippen MR) is 119 cm³/mol. The summed E-state index contributed by atoms with van der Waals surface area (Å²) in [7, 11) is 0. The van der Waals surface area contributed by atoms with Crippen molar-refractivity contribution in [1.29, 1.82) is 0 Å². The van der Waals surface area contributed by atoms with Gasteiger partial charge in [0.15, 0.2) is 5.82 Å². The minimum absolute atomic E-state index is 0.232. The van der Waals surface area contributed by atoms with Crippen molar-refractivity contribution in [2.75, 3.05) is 18.5 Å². The number of halogens is 1. The van der Waals surface area contributed by atoms with E-state index in [2.05, 4.69) is 20.7 Å². The van der Waals surface area contributed by atoms with Crippen LogP contribution in [0.5, 0.6) is 5.75 Å². The normalized spacial score (nSPS) is 10.8. The van der Waals surface area contributed by atoms with Crippen LogP contribution in [0.25, 0.3) is 16.3 Å². The lowest BCUT2D eigenvalue weighted by molar-refractivity contribution is -0.136. The van der Waals surface area contributed by atoms with Crippen LogP contribution in [0.4, 0.5) is 10.1 Å². The molecule has 4 aromatic rings. The molecule has 0 aliphatic carbocycles. The van der Waals surface area contributed by atoms with E-state index in [0.717, 1.165) is 5.69 Å². The molecular formula is C22H20FN5O3S. The van der Waals surface area contributed by atoms with Crippen molar-refractivity contribution >= 4 is 33.8 Å². The fourth-order valence-corrected chi connectivity index (χ4v) is 3.88. The summed E-state index contributed by atoms with van der Waals surface area (Å²) in [6.07, 6.45) is 0.433. The minimum Gasteiger partial charge on any atom is -0.494 e. The van der Waals surface area contributed by atoms with Crippen molar-refractivity contribution < 1.29 is 18.7 Å². The summed E-state index contributed by atoms with van der Waals surface area (Å²) < 4.78 is 21.0. The molecule has 32 heavy (non-hydrogen) atoms. The van der Waals surface area contributed by atoms with Crippen molar-refractivity contribution in [1.82, 2.24) is 19.9 Å². The Bertz CT molecular complexity index is 1250. The number of anilines is 1. The van der Waals surface area contributed by atoms with Gasteiger partial charge in [-0.1, -0.05) is 12.1 Å². The monoisotopic (exact) mass is 453 g/mol. The Morgan fingerprint density at radius 2 is 1.91 bits per heavy atom. The third-order valence-electron chi connectivity index (χ3n) is 4.56. The topological polar surface area (TPSA) is 97.6 Å². The smallest absolute Gasteiger partial charge is 0.313 e. The van der Waals surface area contributed by atoms with Crippen molar-refractivity contribution in [3.05, 3.63) is 65.4 Å². The Balaban J connectivity index is 1.33. The van der Waals surface area contributed by atoms with Gasteiger partial charge in [-0.15, -0.1) is 16.4 Å². The van der Waals surface area contributed by atoms with Gasteiger partial charge in [0, 0.05) is 24.0 Å². The first-order chi connectivity index (χ1) is 15.5. The van der Waals surface area contributed by atoms with Gasteiger partial charge >= 0.3 is 11.8 Å². The maximum absolute atomic E-state index is 14.0. The molecular weight excluding hydrogens is 433 g/mol. The van der Waals surface area contributed by atoms with Crippen molar-refractivity contribution in [3.8, 4) is 17.1 Å². The van der Waals surface area contributed by atoms with E-state index in [9.17, 15) is 14.0 Å². The van der Waals surface area contributed by atoms with Crippen molar-refractivity contribution in [2.45, 2.75) is 13.3 Å². The molecule has 0 bridgehead atoms. The van der Waals surface area contributed by atoms with Gasteiger partial charge in [0.1, 0.15) is 11.6 Å². The average molecular weight is 453 g/mol. The van der Waals surface area contributed by atoms with Crippen LogP contribution in [0.15, 0.2) is 53.9 Å². The van der Waals surface area contributed by atoms with E-state index in [4.69, 9.17) is 4.74 Å². The van der Waals surface area contributed by atoms with Crippen LogP contribution in [-0.2, 0) is 16.0 Å². The Kier molecular flexibility index (Phi) is 6.41. The van der Waals surface area contributed by atoms with Gasteiger partial charge in [-0.2, -0.15) is 4.98 Å². The van der Waals surface area contributed by atoms with Gasteiger partial charge in [0.05, 0.1) is 17.9 Å². The van der Waals surface area contributed by atoms with E-state index < -0.39 is 17.6 Å². The molecule has 0 unspecified atom stereocenters. The van der Waals surface area contributed by atoms with E-state index >= 15 is 0 Å². The summed E-state index contributed by atoms with van der Waals surface area (Å²) in [5.74, 6) is -0.903. The fraction of sp³-hybridized carbons (Fsp3) is 0.182. The van der Waals surface area contributed by atoms with Gasteiger partial charge in [0.2, 0.25) is 4.96 Å². The van der Waals surface area contributed by atoms with Crippen molar-refractivity contribution in [3.63, 3.8) is 0 Å². The van der Waals surface area contributed by atoms with Crippen LogP contribution < -0.4 is 15.4 Å². The van der Waals surface area contributed by atoms with E-state index in [1.165, 1.54) is 17.4 Å². The Hall–Kier alpha value is -3.79. The molecule has 10 heteroatoms. The molecule has 2 heterocycles. The highest BCUT2D eigenvalue weighted by molar-refractivity contribution is 7.15. The van der Waals surface area contributed by atoms with Gasteiger partial charge in [-0.3, -0.25) is 9.59 Å². The number of nitrogens with zero attached hydrogens (tertiary/aromatic N) is 3. The summed E-state index contributed by atoms with van der Waals surface area (Å²) in [4.78, 5) is 29.2. The standard InChI is InChI=1S/C22H20FN5O3S/c1-2-31-16-9-7-14(8-10-16)25-21(30)20(29)24-12-11-15-13-32-22-26-19(27-28(15)22)17-5-3-4-6-18(17)23/h3-10,13H,2,11-12H2,1H3,(H,24,29)(H,25,30). The number of aromatic nitrogens is 3. The van der Waals surface area contributed by atoms with Gasteiger partial charge in [-0.25, -0.2) is 8.91 Å². The number of hydrogen-bond acceptors (Lipinski definition) is 6. The maximum Gasteiger partial charge on any atom is 0.313 e. The molecule has 0 aliphatic heterocycles. The first-order valence-corrected chi connectivity index (χ1v) is 10.8. The number of fused-ring (bicyclic) bond motifs is 1. The molecule has 0 saturated carbocycles. The molecule has 2 aromatic heterocycles. The summed E-state index contributed by atoms with van der Waals surface area (Å²) in [5, 5.41) is 11.4. The number of hydrogen-bond donors (Lipinski definition) is 2. The first-order valence-electron chi connectivity index (χ1n) is 9.95.